The lowest BCUT2D eigenvalue weighted by Gasteiger charge is -2.16. The van der Waals surface area contributed by atoms with Gasteiger partial charge in [-0.3, -0.25) is 0 Å². The van der Waals surface area contributed by atoms with Crippen molar-refractivity contribution >= 4 is 19.7 Å². The molecule has 0 aromatic heterocycles. The molecule has 0 aliphatic rings. The van der Waals surface area contributed by atoms with Gasteiger partial charge >= 0.3 is 0 Å². The van der Waals surface area contributed by atoms with Gasteiger partial charge in [0, 0.05) is 10.7 Å². The fourth-order valence-electron chi connectivity index (χ4n) is 1.81. The zero-order valence-corrected chi connectivity index (χ0v) is 14.1. The molecule has 0 spiro atoms. The molecule has 112 valence electrons. The van der Waals surface area contributed by atoms with Gasteiger partial charge in [-0.05, 0) is 56.0 Å². The summed E-state index contributed by atoms with van der Waals surface area (Å²) in [7, 11) is 1.73. The van der Waals surface area contributed by atoms with Crippen LogP contribution in [0.25, 0.3) is 0 Å². The van der Waals surface area contributed by atoms with E-state index in [9.17, 15) is 8.42 Å². The molecule has 0 saturated heterocycles. The largest absolute Gasteiger partial charge is 0.489 e. The number of aryl methyl sites for hydroxylation is 1. The summed E-state index contributed by atoms with van der Waals surface area (Å²) in [6, 6.07) is 3.35. The first-order chi connectivity index (χ1) is 9.12. The standard InChI is InChI=1S/C15H21ClO3S/c1-10(2)6-7-19-14-8-12(5)15(20(16,17)18)9-13(14)11(3)4/h6,8-9,11H,7H2,1-5H3. The van der Waals surface area contributed by atoms with Crippen molar-refractivity contribution < 1.29 is 13.2 Å². The van der Waals surface area contributed by atoms with Crippen LogP contribution in [0.5, 0.6) is 5.75 Å². The molecule has 0 amide bonds. The van der Waals surface area contributed by atoms with Crippen LogP contribution in [0.3, 0.4) is 0 Å². The maximum absolute atomic E-state index is 11.6. The summed E-state index contributed by atoms with van der Waals surface area (Å²) in [5.41, 5.74) is 2.61. The Morgan fingerprint density at radius 2 is 1.95 bits per heavy atom. The molecule has 0 saturated carbocycles. The van der Waals surface area contributed by atoms with E-state index in [4.69, 9.17) is 15.4 Å². The molecule has 1 aromatic carbocycles. The quantitative estimate of drug-likeness (QED) is 0.597. The van der Waals surface area contributed by atoms with Crippen molar-refractivity contribution in [3.05, 3.63) is 34.9 Å². The second kappa shape index (κ2) is 6.64. The average molecular weight is 317 g/mol. The van der Waals surface area contributed by atoms with E-state index < -0.39 is 9.05 Å². The van der Waals surface area contributed by atoms with Crippen molar-refractivity contribution in [3.8, 4) is 5.75 Å². The van der Waals surface area contributed by atoms with Crippen LogP contribution in [0, 0.1) is 6.92 Å². The third-order valence-electron chi connectivity index (χ3n) is 2.92. The molecule has 0 heterocycles. The van der Waals surface area contributed by atoms with Gasteiger partial charge in [0.1, 0.15) is 12.4 Å². The van der Waals surface area contributed by atoms with Crippen molar-refractivity contribution in [2.45, 2.75) is 45.4 Å². The predicted molar refractivity (Wildman–Crippen MR) is 83.2 cm³/mol. The molecule has 0 fully saturated rings. The molecule has 20 heavy (non-hydrogen) atoms. The molecule has 0 radical (unpaired) electrons. The van der Waals surface area contributed by atoms with Crippen LogP contribution in [0.4, 0.5) is 0 Å². The van der Waals surface area contributed by atoms with Gasteiger partial charge in [-0.1, -0.05) is 19.4 Å². The summed E-state index contributed by atoms with van der Waals surface area (Å²) in [5, 5.41) is 0. The summed E-state index contributed by atoms with van der Waals surface area (Å²) in [6.07, 6.45) is 1.98. The van der Waals surface area contributed by atoms with E-state index >= 15 is 0 Å². The summed E-state index contributed by atoms with van der Waals surface area (Å²) in [6.45, 7) is 10.2. The molecule has 1 aromatic rings. The van der Waals surface area contributed by atoms with Crippen molar-refractivity contribution in [1.29, 1.82) is 0 Å². The lowest BCUT2D eigenvalue weighted by atomic mass is 10.0. The van der Waals surface area contributed by atoms with Crippen LogP contribution in [0.2, 0.25) is 0 Å². The fourth-order valence-corrected chi connectivity index (χ4v) is 3.02. The number of halogens is 1. The monoisotopic (exact) mass is 316 g/mol. The molecule has 5 heteroatoms. The Kier molecular flexibility index (Phi) is 5.66. The molecular formula is C15H21ClO3S. The number of hydrogen-bond donors (Lipinski definition) is 0. The molecule has 3 nitrogen and oxygen atoms in total. The third-order valence-corrected chi connectivity index (χ3v) is 4.39. The van der Waals surface area contributed by atoms with E-state index in [0.29, 0.717) is 17.9 Å². The maximum Gasteiger partial charge on any atom is 0.261 e. The van der Waals surface area contributed by atoms with Gasteiger partial charge in [0.15, 0.2) is 0 Å². The summed E-state index contributed by atoms with van der Waals surface area (Å²) >= 11 is 0. The van der Waals surface area contributed by atoms with Crippen LogP contribution >= 0.6 is 10.7 Å². The summed E-state index contributed by atoms with van der Waals surface area (Å²) < 4.78 is 28.9. The molecule has 0 bridgehead atoms. The van der Waals surface area contributed by atoms with Crippen molar-refractivity contribution in [1.82, 2.24) is 0 Å². The van der Waals surface area contributed by atoms with E-state index in [0.717, 1.165) is 5.56 Å². The molecule has 0 aliphatic heterocycles. The normalized spacial score (nSPS) is 11.6. The first kappa shape index (κ1) is 17.1. The highest BCUT2D eigenvalue weighted by Crippen LogP contribution is 2.33. The first-order valence-corrected chi connectivity index (χ1v) is 8.79. The van der Waals surface area contributed by atoms with Crippen LogP contribution in [0.15, 0.2) is 28.7 Å². The van der Waals surface area contributed by atoms with Gasteiger partial charge in [-0.2, -0.15) is 0 Å². The number of benzene rings is 1. The molecule has 1 rings (SSSR count). The molecular weight excluding hydrogens is 296 g/mol. The van der Waals surface area contributed by atoms with Gasteiger partial charge in [0.05, 0.1) is 4.90 Å². The van der Waals surface area contributed by atoms with Gasteiger partial charge in [-0.15, -0.1) is 0 Å². The third kappa shape index (κ3) is 4.53. The highest BCUT2D eigenvalue weighted by molar-refractivity contribution is 8.13. The van der Waals surface area contributed by atoms with E-state index in [1.165, 1.54) is 5.57 Å². The Hall–Kier alpha value is -1.00. The average Bonchev–Trinajstić information content (AvgIpc) is 2.26. The topological polar surface area (TPSA) is 43.4 Å². The fraction of sp³-hybridized carbons (Fsp3) is 0.467. The summed E-state index contributed by atoms with van der Waals surface area (Å²) in [5.74, 6) is 0.855. The van der Waals surface area contributed by atoms with Crippen LogP contribution in [-0.2, 0) is 9.05 Å². The number of allylic oxidation sites excluding steroid dienone is 1. The van der Waals surface area contributed by atoms with E-state index in [1.807, 2.05) is 33.8 Å². The highest BCUT2D eigenvalue weighted by atomic mass is 35.7. The molecule has 0 unspecified atom stereocenters. The SMILES string of the molecule is CC(C)=CCOc1cc(C)c(S(=O)(=O)Cl)cc1C(C)C. The van der Waals surface area contributed by atoms with Gasteiger partial charge in [0.2, 0.25) is 0 Å². The Morgan fingerprint density at radius 3 is 2.40 bits per heavy atom. The minimum atomic E-state index is -3.74. The van der Waals surface area contributed by atoms with Gasteiger partial charge < -0.3 is 4.74 Å². The molecule has 0 N–H and O–H groups in total. The first-order valence-electron chi connectivity index (χ1n) is 6.48. The molecule has 0 aliphatic carbocycles. The number of hydrogen-bond acceptors (Lipinski definition) is 3. The zero-order valence-electron chi connectivity index (χ0n) is 12.5. The van der Waals surface area contributed by atoms with Crippen LogP contribution < -0.4 is 4.74 Å². The lowest BCUT2D eigenvalue weighted by molar-refractivity contribution is 0.355. The second-order valence-corrected chi connectivity index (χ2v) is 7.87. The van der Waals surface area contributed by atoms with Crippen LogP contribution in [-0.4, -0.2) is 15.0 Å². The minimum absolute atomic E-state index is 0.148. The molecule has 0 atom stereocenters. The van der Waals surface area contributed by atoms with Crippen LogP contribution in [0.1, 0.15) is 44.7 Å². The highest BCUT2D eigenvalue weighted by Gasteiger charge is 2.18. The summed E-state index contributed by atoms with van der Waals surface area (Å²) in [4.78, 5) is 0.150. The van der Waals surface area contributed by atoms with E-state index in [2.05, 4.69) is 0 Å². The number of rotatable bonds is 5. The Morgan fingerprint density at radius 1 is 1.35 bits per heavy atom. The van der Waals surface area contributed by atoms with Crippen molar-refractivity contribution in [2.24, 2.45) is 0 Å². The van der Waals surface area contributed by atoms with Gasteiger partial charge in [-0.25, -0.2) is 8.42 Å². The Balaban J connectivity index is 3.25. The number of ether oxygens (including phenoxy) is 1. The zero-order chi connectivity index (χ0) is 15.5. The Labute approximate surface area is 126 Å². The van der Waals surface area contributed by atoms with E-state index in [1.54, 1.807) is 19.1 Å². The Bertz CT molecular complexity index is 612. The smallest absolute Gasteiger partial charge is 0.261 e. The van der Waals surface area contributed by atoms with E-state index in [-0.39, 0.29) is 10.8 Å². The predicted octanol–water partition coefficient (Wildman–Crippen LogP) is 4.39. The maximum atomic E-state index is 11.6. The van der Waals surface area contributed by atoms with Crippen molar-refractivity contribution in [3.63, 3.8) is 0 Å². The van der Waals surface area contributed by atoms with Crippen molar-refractivity contribution in [2.75, 3.05) is 6.61 Å². The lowest BCUT2D eigenvalue weighted by Crippen LogP contribution is -2.04. The van der Waals surface area contributed by atoms with Gasteiger partial charge in [0.25, 0.3) is 9.05 Å². The minimum Gasteiger partial charge on any atom is -0.489 e. The second-order valence-electron chi connectivity index (χ2n) is 5.34.